The fourth-order valence-corrected chi connectivity index (χ4v) is 5.43. The Bertz CT molecular complexity index is 1180. The molecule has 3 aromatic carbocycles. The van der Waals surface area contributed by atoms with Crippen LogP contribution in [-0.2, 0) is 15.0 Å². The topological polar surface area (TPSA) is 72.2 Å². The van der Waals surface area contributed by atoms with Crippen LogP contribution in [0.2, 0.25) is 10.0 Å². The minimum Gasteiger partial charge on any atom is -0.398 e. The molecule has 3 aromatic rings. The van der Waals surface area contributed by atoms with Crippen molar-refractivity contribution in [2.24, 2.45) is 0 Å². The first kappa shape index (κ1) is 22.4. The maximum atomic E-state index is 13.3. The van der Waals surface area contributed by atoms with Gasteiger partial charge in [-0.25, -0.2) is 0 Å². The average molecular weight is 467 g/mol. The predicted octanol–water partition coefficient (Wildman–Crippen LogP) is 5.41. The number of carbonyl (C=O) groups excluding carboxylic acids is 2. The molecular weight excluding hydrogens is 443 g/mol. The molecule has 1 fully saturated rings. The van der Waals surface area contributed by atoms with Crippen molar-refractivity contribution in [3.63, 3.8) is 0 Å². The molecule has 4 nitrogen and oxygen atoms in total. The molecule has 1 heterocycles. The Balaban J connectivity index is 2.07. The van der Waals surface area contributed by atoms with Crippen molar-refractivity contribution < 1.29 is 9.59 Å². The van der Waals surface area contributed by atoms with Gasteiger partial charge < -0.3 is 15.8 Å². The zero-order valence-electron chi connectivity index (χ0n) is 17.6. The molecule has 1 amide bonds. The molecule has 3 atom stereocenters. The Labute approximate surface area is 197 Å². The summed E-state index contributed by atoms with van der Waals surface area (Å²) in [6, 6.07) is 20.5. The van der Waals surface area contributed by atoms with Gasteiger partial charge in [0.2, 0.25) is 5.91 Å². The molecule has 0 spiro atoms. The van der Waals surface area contributed by atoms with Crippen LogP contribution in [0.3, 0.4) is 0 Å². The quantitative estimate of drug-likeness (QED) is 0.398. The molecule has 0 aromatic heterocycles. The SMILES string of the molecule is Cc1ccccc1[C@H]1CNC(=O)C[C@@H](c2cccc(Cl)c2)[C@@]1(C=O)c1ccc(Cl)cc1N. The number of rotatable bonds is 4. The highest BCUT2D eigenvalue weighted by atomic mass is 35.5. The molecule has 1 aliphatic rings. The highest BCUT2D eigenvalue weighted by molar-refractivity contribution is 6.31. The van der Waals surface area contributed by atoms with Gasteiger partial charge in [0.1, 0.15) is 6.29 Å². The van der Waals surface area contributed by atoms with Gasteiger partial charge >= 0.3 is 0 Å². The molecule has 0 unspecified atom stereocenters. The van der Waals surface area contributed by atoms with Crippen molar-refractivity contribution >= 4 is 41.1 Å². The molecule has 1 saturated heterocycles. The van der Waals surface area contributed by atoms with E-state index >= 15 is 0 Å². The van der Waals surface area contributed by atoms with E-state index in [1.165, 1.54) is 0 Å². The zero-order chi connectivity index (χ0) is 22.9. The largest absolute Gasteiger partial charge is 0.398 e. The molecule has 3 N–H and O–H groups in total. The normalized spacial score (nSPS) is 23.3. The minimum atomic E-state index is -1.12. The fraction of sp³-hybridized carbons (Fsp3) is 0.231. The van der Waals surface area contributed by atoms with Crippen LogP contribution < -0.4 is 11.1 Å². The van der Waals surface area contributed by atoms with E-state index in [1.807, 2.05) is 55.5 Å². The summed E-state index contributed by atoms with van der Waals surface area (Å²) in [6.45, 7) is 2.32. The van der Waals surface area contributed by atoms with Crippen molar-refractivity contribution in [1.82, 2.24) is 5.32 Å². The number of hydrogen-bond donors (Lipinski definition) is 2. The summed E-state index contributed by atoms with van der Waals surface area (Å²) < 4.78 is 0. The molecule has 1 aliphatic heterocycles. The Morgan fingerprint density at radius 3 is 2.44 bits per heavy atom. The Kier molecular flexibility index (Phi) is 6.27. The van der Waals surface area contributed by atoms with E-state index in [-0.39, 0.29) is 18.2 Å². The van der Waals surface area contributed by atoms with Crippen LogP contribution in [0.15, 0.2) is 66.7 Å². The lowest BCUT2D eigenvalue weighted by Crippen LogP contribution is -2.43. The van der Waals surface area contributed by atoms with Gasteiger partial charge in [-0.3, -0.25) is 4.79 Å². The first-order chi connectivity index (χ1) is 15.4. The average Bonchev–Trinajstić information content (AvgIpc) is 2.91. The van der Waals surface area contributed by atoms with Gasteiger partial charge in [-0.15, -0.1) is 0 Å². The number of hydrogen-bond acceptors (Lipinski definition) is 3. The van der Waals surface area contributed by atoms with Gasteiger partial charge in [-0.1, -0.05) is 65.7 Å². The summed E-state index contributed by atoms with van der Waals surface area (Å²) in [4.78, 5) is 26.2. The minimum absolute atomic E-state index is 0.121. The van der Waals surface area contributed by atoms with E-state index < -0.39 is 11.3 Å². The van der Waals surface area contributed by atoms with Crippen molar-refractivity contribution in [1.29, 1.82) is 0 Å². The second kappa shape index (κ2) is 8.97. The molecule has 0 bridgehead atoms. The molecule has 32 heavy (non-hydrogen) atoms. The molecule has 164 valence electrons. The lowest BCUT2D eigenvalue weighted by Gasteiger charge is -2.42. The monoisotopic (exact) mass is 466 g/mol. The molecule has 0 aliphatic carbocycles. The smallest absolute Gasteiger partial charge is 0.220 e. The highest BCUT2D eigenvalue weighted by Crippen LogP contribution is 2.52. The van der Waals surface area contributed by atoms with E-state index in [0.29, 0.717) is 27.8 Å². The summed E-state index contributed by atoms with van der Waals surface area (Å²) in [5.74, 6) is -0.945. The lowest BCUT2D eigenvalue weighted by atomic mass is 9.58. The van der Waals surface area contributed by atoms with Gasteiger partial charge in [-0.05, 0) is 53.4 Å². The van der Waals surface area contributed by atoms with Crippen LogP contribution >= 0.6 is 23.2 Å². The van der Waals surface area contributed by atoms with E-state index in [0.717, 1.165) is 23.0 Å². The third-order valence-corrected chi connectivity index (χ3v) is 7.01. The number of aldehydes is 1. The van der Waals surface area contributed by atoms with Gasteiger partial charge in [0.05, 0.1) is 5.41 Å². The first-order valence-corrected chi connectivity index (χ1v) is 11.2. The Morgan fingerprint density at radius 1 is 1.00 bits per heavy atom. The Hall–Kier alpha value is -2.82. The summed E-state index contributed by atoms with van der Waals surface area (Å²) in [7, 11) is 0. The number of benzene rings is 3. The summed E-state index contributed by atoms with van der Waals surface area (Å²) in [5, 5.41) is 4.06. The summed E-state index contributed by atoms with van der Waals surface area (Å²) >= 11 is 12.5. The van der Waals surface area contributed by atoms with Crippen LogP contribution in [0, 0.1) is 6.92 Å². The van der Waals surface area contributed by atoms with Crippen molar-refractivity contribution in [2.45, 2.75) is 30.6 Å². The molecule has 0 saturated carbocycles. The molecule has 6 heteroatoms. The second-order valence-electron chi connectivity index (χ2n) is 8.31. The highest BCUT2D eigenvalue weighted by Gasteiger charge is 2.51. The summed E-state index contributed by atoms with van der Waals surface area (Å²) in [6.07, 6.45) is 1.10. The van der Waals surface area contributed by atoms with Crippen LogP contribution in [0.25, 0.3) is 0 Å². The second-order valence-corrected chi connectivity index (χ2v) is 9.18. The van der Waals surface area contributed by atoms with Crippen molar-refractivity contribution in [3.05, 3.63) is 99.0 Å². The van der Waals surface area contributed by atoms with E-state index in [9.17, 15) is 9.59 Å². The van der Waals surface area contributed by atoms with Gasteiger partial charge in [0.15, 0.2) is 0 Å². The third kappa shape index (κ3) is 3.89. The number of amides is 1. The van der Waals surface area contributed by atoms with E-state index in [2.05, 4.69) is 5.32 Å². The van der Waals surface area contributed by atoms with E-state index in [1.54, 1.807) is 18.2 Å². The molecule has 4 rings (SSSR count). The Morgan fingerprint density at radius 2 is 1.75 bits per heavy atom. The maximum absolute atomic E-state index is 13.3. The van der Waals surface area contributed by atoms with Crippen LogP contribution in [-0.4, -0.2) is 18.7 Å². The maximum Gasteiger partial charge on any atom is 0.220 e. The number of nitrogen functional groups attached to an aromatic ring is 1. The number of anilines is 1. The summed E-state index contributed by atoms with van der Waals surface area (Å²) in [5.41, 5.74) is 9.27. The van der Waals surface area contributed by atoms with Gasteiger partial charge in [0, 0.05) is 40.5 Å². The number of carbonyl (C=O) groups is 2. The van der Waals surface area contributed by atoms with E-state index in [4.69, 9.17) is 28.9 Å². The predicted molar refractivity (Wildman–Crippen MR) is 129 cm³/mol. The van der Waals surface area contributed by atoms with Gasteiger partial charge in [0.25, 0.3) is 0 Å². The molecule has 0 radical (unpaired) electrons. The van der Waals surface area contributed by atoms with Crippen molar-refractivity contribution in [2.75, 3.05) is 12.3 Å². The van der Waals surface area contributed by atoms with Crippen LogP contribution in [0.4, 0.5) is 5.69 Å². The third-order valence-electron chi connectivity index (χ3n) is 6.54. The standard InChI is InChI=1S/C26H24Cl2N2O2/c1-16-5-2-3-8-20(16)23-14-30-25(32)13-22(17-6-4-7-18(27)11-17)26(23,15-31)21-10-9-19(28)12-24(21)29/h2-12,15,22-23H,13-14,29H2,1H3,(H,30,32)/t22-,23+,26+/m0/s1. The number of nitrogens with one attached hydrogen (secondary N) is 1. The number of nitrogens with two attached hydrogens (primary N) is 1. The fourth-order valence-electron chi connectivity index (χ4n) is 5.05. The first-order valence-electron chi connectivity index (χ1n) is 10.5. The van der Waals surface area contributed by atoms with Crippen molar-refractivity contribution in [3.8, 4) is 0 Å². The van der Waals surface area contributed by atoms with Gasteiger partial charge in [-0.2, -0.15) is 0 Å². The molecular formula is C26H24Cl2N2O2. The number of halogens is 2. The van der Waals surface area contributed by atoms with Crippen LogP contribution in [0.1, 0.15) is 40.5 Å². The lowest BCUT2D eigenvalue weighted by molar-refractivity contribution is -0.121. The van der Waals surface area contributed by atoms with Crippen LogP contribution in [0.5, 0.6) is 0 Å². The number of aryl methyl sites for hydroxylation is 1. The zero-order valence-corrected chi connectivity index (χ0v) is 19.2.